The average molecular weight is 341 g/mol. The Morgan fingerprint density at radius 2 is 1.67 bits per heavy atom. The normalized spacial score (nSPS) is 10.9. The lowest BCUT2D eigenvalue weighted by Crippen LogP contribution is -2.31. The van der Waals surface area contributed by atoms with Gasteiger partial charge in [0.25, 0.3) is 5.91 Å². The molecule has 2 aromatic carbocycles. The van der Waals surface area contributed by atoms with E-state index in [1.807, 2.05) is 31.2 Å². The van der Waals surface area contributed by atoms with Gasteiger partial charge in [-0.2, -0.15) is 0 Å². The highest BCUT2D eigenvalue weighted by molar-refractivity contribution is 7.90. The topological polar surface area (TPSA) is 54.5 Å². The summed E-state index contributed by atoms with van der Waals surface area (Å²) in [5.41, 5.74) is 2.53. The van der Waals surface area contributed by atoms with Crippen molar-refractivity contribution in [2.24, 2.45) is 0 Å². The molecule has 0 N–H and O–H groups in total. The van der Waals surface area contributed by atoms with Crippen LogP contribution in [-0.2, 0) is 16.4 Å². The molecule has 0 aliphatic carbocycles. The van der Waals surface area contributed by atoms with Crippen LogP contribution in [0, 0.1) is 19.3 Å². The van der Waals surface area contributed by atoms with E-state index in [1.54, 1.807) is 4.90 Å². The Morgan fingerprint density at radius 3 is 2.17 bits per heavy atom. The summed E-state index contributed by atoms with van der Waals surface area (Å²) in [4.78, 5) is 14.4. The molecule has 0 unspecified atom stereocenters. The van der Waals surface area contributed by atoms with Gasteiger partial charge >= 0.3 is 0 Å². The van der Waals surface area contributed by atoms with E-state index in [-0.39, 0.29) is 17.3 Å². The van der Waals surface area contributed by atoms with Crippen LogP contribution in [0.25, 0.3) is 0 Å². The van der Waals surface area contributed by atoms with Gasteiger partial charge in [0.1, 0.15) is 0 Å². The Balaban J connectivity index is 2.22. The summed E-state index contributed by atoms with van der Waals surface area (Å²) in [6.45, 7) is 2.58. The second-order valence-electron chi connectivity index (χ2n) is 5.65. The van der Waals surface area contributed by atoms with Crippen LogP contribution in [0.5, 0.6) is 0 Å². The van der Waals surface area contributed by atoms with E-state index in [0.29, 0.717) is 12.1 Å². The van der Waals surface area contributed by atoms with E-state index in [9.17, 15) is 13.2 Å². The minimum Gasteiger partial charge on any atom is -0.323 e. The molecule has 0 spiro atoms. The molecular formula is C19H19NO3S. The summed E-state index contributed by atoms with van der Waals surface area (Å²) in [6.07, 6.45) is 6.51. The Morgan fingerprint density at radius 1 is 1.08 bits per heavy atom. The van der Waals surface area contributed by atoms with Gasteiger partial charge in [0, 0.05) is 18.4 Å². The number of rotatable bonds is 5. The number of sulfone groups is 1. The molecule has 0 saturated carbocycles. The lowest BCUT2D eigenvalue weighted by molar-refractivity contribution is 0.0765. The Kier molecular flexibility index (Phi) is 5.42. The van der Waals surface area contributed by atoms with Crippen molar-refractivity contribution in [1.82, 2.24) is 4.90 Å². The number of hydrogen-bond acceptors (Lipinski definition) is 3. The quantitative estimate of drug-likeness (QED) is 0.786. The van der Waals surface area contributed by atoms with Gasteiger partial charge in [0.2, 0.25) is 0 Å². The third kappa shape index (κ3) is 4.46. The molecule has 0 aromatic heterocycles. The van der Waals surface area contributed by atoms with Crippen LogP contribution < -0.4 is 0 Å². The molecule has 0 aliphatic rings. The van der Waals surface area contributed by atoms with Gasteiger partial charge in [0.05, 0.1) is 11.4 Å². The summed E-state index contributed by atoms with van der Waals surface area (Å²) >= 11 is 0. The summed E-state index contributed by atoms with van der Waals surface area (Å²) < 4.78 is 23.0. The first-order valence-electron chi connectivity index (χ1n) is 7.39. The zero-order valence-electron chi connectivity index (χ0n) is 13.7. The second kappa shape index (κ2) is 7.33. The Labute approximate surface area is 143 Å². The number of benzene rings is 2. The highest BCUT2D eigenvalue weighted by Crippen LogP contribution is 2.14. The number of aryl methyl sites for hydroxylation is 1. The lowest BCUT2D eigenvalue weighted by atomic mass is 10.1. The molecule has 0 atom stereocenters. The molecule has 2 aromatic rings. The molecule has 2 rings (SSSR count). The van der Waals surface area contributed by atoms with Crippen LogP contribution in [0.2, 0.25) is 0 Å². The SMILES string of the molecule is C#CCN(Cc1ccc(C)cc1)C(=O)c1ccc(S(C)(=O)=O)cc1. The van der Waals surface area contributed by atoms with Gasteiger partial charge in [-0.3, -0.25) is 4.79 Å². The van der Waals surface area contributed by atoms with Crippen molar-refractivity contribution in [2.45, 2.75) is 18.4 Å². The van der Waals surface area contributed by atoms with Crippen LogP contribution in [0.3, 0.4) is 0 Å². The first-order chi connectivity index (χ1) is 11.3. The molecule has 124 valence electrons. The van der Waals surface area contributed by atoms with Gasteiger partial charge in [-0.05, 0) is 36.8 Å². The summed E-state index contributed by atoms with van der Waals surface area (Å²) in [6, 6.07) is 13.8. The molecule has 5 heteroatoms. The highest BCUT2D eigenvalue weighted by atomic mass is 32.2. The van der Waals surface area contributed by atoms with E-state index in [0.717, 1.165) is 17.4 Å². The zero-order chi connectivity index (χ0) is 17.7. The number of hydrogen-bond donors (Lipinski definition) is 0. The van der Waals surface area contributed by atoms with Crippen LogP contribution in [-0.4, -0.2) is 32.0 Å². The van der Waals surface area contributed by atoms with Crippen molar-refractivity contribution >= 4 is 15.7 Å². The number of amides is 1. The van der Waals surface area contributed by atoms with Gasteiger partial charge in [-0.15, -0.1) is 6.42 Å². The van der Waals surface area contributed by atoms with Crippen LogP contribution in [0.1, 0.15) is 21.5 Å². The molecular weight excluding hydrogens is 322 g/mol. The number of nitrogens with zero attached hydrogens (tertiary/aromatic N) is 1. The Hall–Kier alpha value is -2.58. The van der Waals surface area contributed by atoms with Crippen molar-refractivity contribution in [2.75, 3.05) is 12.8 Å². The average Bonchev–Trinajstić information content (AvgIpc) is 2.55. The fourth-order valence-electron chi connectivity index (χ4n) is 2.25. The first-order valence-corrected chi connectivity index (χ1v) is 9.29. The van der Waals surface area contributed by atoms with E-state index in [4.69, 9.17) is 6.42 Å². The van der Waals surface area contributed by atoms with E-state index >= 15 is 0 Å². The van der Waals surface area contributed by atoms with E-state index < -0.39 is 9.84 Å². The van der Waals surface area contributed by atoms with Gasteiger partial charge in [-0.25, -0.2) is 8.42 Å². The number of terminal acetylenes is 1. The van der Waals surface area contributed by atoms with Gasteiger partial charge in [0.15, 0.2) is 9.84 Å². The zero-order valence-corrected chi connectivity index (χ0v) is 14.5. The summed E-state index contributed by atoms with van der Waals surface area (Å²) in [7, 11) is -3.29. The molecule has 4 nitrogen and oxygen atoms in total. The number of carbonyl (C=O) groups is 1. The minimum absolute atomic E-state index is 0.181. The smallest absolute Gasteiger partial charge is 0.254 e. The third-order valence-corrected chi connectivity index (χ3v) is 4.72. The van der Waals surface area contributed by atoms with Crippen LogP contribution in [0.15, 0.2) is 53.4 Å². The molecule has 0 fully saturated rings. The maximum atomic E-state index is 12.6. The summed E-state index contributed by atoms with van der Waals surface area (Å²) in [5, 5.41) is 0. The van der Waals surface area contributed by atoms with Crippen molar-refractivity contribution in [3.63, 3.8) is 0 Å². The predicted molar refractivity (Wildman–Crippen MR) is 94.3 cm³/mol. The Bertz CT molecular complexity index is 860. The van der Waals surface area contributed by atoms with Gasteiger partial charge < -0.3 is 4.90 Å². The fourth-order valence-corrected chi connectivity index (χ4v) is 2.88. The predicted octanol–water partition coefficient (Wildman–Crippen LogP) is 2.67. The van der Waals surface area contributed by atoms with E-state index in [1.165, 1.54) is 24.3 Å². The molecule has 0 aliphatic heterocycles. The monoisotopic (exact) mass is 341 g/mol. The molecule has 0 heterocycles. The largest absolute Gasteiger partial charge is 0.323 e. The molecule has 24 heavy (non-hydrogen) atoms. The molecule has 0 bridgehead atoms. The van der Waals surface area contributed by atoms with Crippen molar-refractivity contribution < 1.29 is 13.2 Å². The van der Waals surface area contributed by atoms with E-state index in [2.05, 4.69) is 5.92 Å². The van der Waals surface area contributed by atoms with Crippen LogP contribution in [0.4, 0.5) is 0 Å². The van der Waals surface area contributed by atoms with Crippen molar-refractivity contribution in [3.8, 4) is 12.3 Å². The lowest BCUT2D eigenvalue weighted by Gasteiger charge is -2.20. The molecule has 0 saturated heterocycles. The maximum absolute atomic E-state index is 12.6. The maximum Gasteiger partial charge on any atom is 0.254 e. The van der Waals surface area contributed by atoms with Crippen molar-refractivity contribution in [3.05, 3.63) is 65.2 Å². The molecule has 1 amide bonds. The van der Waals surface area contributed by atoms with Gasteiger partial charge in [-0.1, -0.05) is 35.7 Å². The number of carbonyl (C=O) groups excluding carboxylic acids is 1. The fraction of sp³-hybridized carbons (Fsp3) is 0.211. The van der Waals surface area contributed by atoms with Crippen molar-refractivity contribution in [1.29, 1.82) is 0 Å². The van der Waals surface area contributed by atoms with Crippen LogP contribution >= 0.6 is 0 Å². The minimum atomic E-state index is -3.29. The second-order valence-corrected chi connectivity index (χ2v) is 7.66. The standard InChI is InChI=1S/C19H19NO3S/c1-4-13-20(14-16-7-5-15(2)6-8-16)19(21)17-9-11-18(12-10-17)24(3,22)23/h1,5-12H,13-14H2,2-3H3. The molecule has 0 radical (unpaired) electrons. The highest BCUT2D eigenvalue weighted by Gasteiger charge is 2.16. The summed E-state index contributed by atoms with van der Waals surface area (Å²) in [5.74, 6) is 2.27. The third-order valence-electron chi connectivity index (χ3n) is 3.59. The first kappa shape index (κ1) is 17.8.